The van der Waals surface area contributed by atoms with Crippen LogP contribution in [-0.2, 0) is 13.0 Å². The van der Waals surface area contributed by atoms with Gasteiger partial charge in [-0.15, -0.1) is 0 Å². The smallest absolute Gasteiger partial charge is 0.186 e. The molecule has 2 aromatic rings. The second kappa shape index (κ2) is 6.52. The van der Waals surface area contributed by atoms with Crippen LogP contribution < -0.4 is 9.64 Å². The van der Waals surface area contributed by atoms with E-state index in [1.165, 1.54) is 16.9 Å². The van der Waals surface area contributed by atoms with Crippen LogP contribution in [-0.4, -0.2) is 25.4 Å². The minimum Gasteiger partial charge on any atom is -0.497 e. The Hall–Kier alpha value is -1.88. The second-order valence-electron chi connectivity index (χ2n) is 4.48. The maximum absolute atomic E-state index is 11.0. The molecule has 0 N–H and O–H groups in total. The molecule has 0 saturated heterocycles. The van der Waals surface area contributed by atoms with Gasteiger partial charge in [0.25, 0.3) is 0 Å². The molecule has 0 unspecified atom stereocenters. The van der Waals surface area contributed by atoms with E-state index in [-0.39, 0.29) is 0 Å². The van der Waals surface area contributed by atoms with Gasteiger partial charge in [-0.25, -0.2) is 4.98 Å². The minimum absolute atomic E-state index is 0.726. The van der Waals surface area contributed by atoms with Gasteiger partial charge in [0.05, 0.1) is 17.7 Å². The summed E-state index contributed by atoms with van der Waals surface area (Å²) in [5.74, 6) is 0.849. The van der Waals surface area contributed by atoms with Crippen LogP contribution in [0.3, 0.4) is 0 Å². The van der Waals surface area contributed by atoms with Crippen molar-refractivity contribution in [1.29, 1.82) is 0 Å². The van der Waals surface area contributed by atoms with E-state index in [1.54, 1.807) is 7.11 Å². The van der Waals surface area contributed by atoms with E-state index in [0.29, 0.717) is 0 Å². The summed E-state index contributed by atoms with van der Waals surface area (Å²) >= 11 is 1.44. The number of thiazole rings is 1. The molecular formula is C15H18N2O2S. The molecule has 0 atom stereocenters. The lowest BCUT2D eigenvalue weighted by Crippen LogP contribution is -2.16. The van der Waals surface area contributed by atoms with Crippen molar-refractivity contribution in [2.24, 2.45) is 0 Å². The molecule has 106 valence electrons. The predicted molar refractivity (Wildman–Crippen MR) is 82.0 cm³/mol. The van der Waals surface area contributed by atoms with Gasteiger partial charge in [0, 0.05) is 13.6 Å². The SMILES string of the molecule is CCc1nc(N(C)Cc2ccc(OC)cc2)sc1C=O. The molecule has 4 nitrogen and oxygen atoms in total. The number of benzene rings is 1. The fraction of sp³-hybridized carbons (Fsp3) is 0.333. The van der Waals surface area contributed by atoms with Crippen molar-refractivity contribution < 1.29 is 9.53 Å². The van der Waals surface area contributed by atoms with Crippen LogP contribution in [0.2, 0.25) is 0 Å². The fourth-order valence-corrected chi connectivity index (χ4v) is 2.86. The van der Waals surface area contributed by atoms with Gasteiger partial charge < -0.3 is 9.64 Å². The topological polar surface area (TPSA) is 42.4 Å². The molecule has 20 heavy (non-hydrogen) atoms. The van der Waals surface area contributed by atoms with E-state index in [9.17, 15) is 4.79 Å². The van der Waals surface area contributed by atoms with Gasteiger partial charge in [0.15, 0.2) is 11.4 Å². The Morgan fingerprint density at radius 1 is 1.35 bits per heavy atom. The van der Waals surface area contributed by atoms with Crippen molar-refractivity contribution in [3.63, 3.8) is 0 Å². The molecule has 0 saturated carbocycles. The monoisotopic (exact) mass is 290 g/mol. The van der Waals surface area contributed by atoms with Crippen LogP contribution in [0.1, 0.15) is 27.9 Å². The van der Waals surface area contributed by atoms with Gasteiger partial charge in [-0.2, -0.15) is 0 Å². The van der Waals surface area contributed by atoms with Crippen molar-refractivity contribution >= 4 is 22.8 Å². The van der Waals surface area contributed by atoms with Crippen LogP contribution in [0, 0.1) is 0 Å². The van der Waals surface area contributed by atoms with E-state index >= 15 is 0 Å². The highest BCUT2D eigenvalue weighted by atomic mass is 32.1. The molecule has 0 amide bonds. The Morgan fingerprint density at radius 2 is 2.05 bits per heavy atom. The largest absolute Gasteiger partial charge is 0.497 e. The first-order chi connectivity index (χ1) is 9.67. The summed E-state index contributed by atoms with van der Waals surface area (Å²) in [4.78, 5) is 18.3. The van der Waals surface area contributed by atoms with Crippen LogP contribution in [0.4, 0.5) is 5.13 Å². The maximum atomic E-state index is 11.0. The highest BCUT2D eigenvalue weighted by Gasteiger charge is 2.12. The number of methoxy groups -OCH3 is 1. The van der Waals surface area contributed by atoms with E-state index in [0.717, 1.165) is 40.7 Å². The predicted octanol–water partition coefficient (Wildman–Crippen LogP) is 3.16. The molecule has 0 bridgehead atoms. The number of aryl methyl sites for hydroxylation is 1. The van der Waals surface area contributed by atoms with E-state index < -0.39 is 0 Å². The molecule has 1 heterocycles. The summed E-state index contributed by atoms with van der Waals surface area (Å²) in [6.45, 7) is 2.76. The van der Waals surface area contributed by atoms with Crippen LogP contribution in [0.15, 0.2) is 24.3 Å². The minimum atomic E-state index is 0.726. The Kier molecular flexibility index (Phi) is 4.74. The lowest BCUT2D eigenvalue weighted by atomic mass is 10.2. The number of hydrogen-bond donors (Lipinski definition) is 0. The summed E-state index contributed by atoms with van der Waals surface area (Å²) in [6, 6.07) is 7.95. The van der Waals surface area contributed by atoms with Crippen LogP contribution >= 0.6 is 11.3 Å². The number of ether oxygens (including phenoxy) is 1. The number of anilines is 1. The molecule has 0 aliphatic rings. The molecule has 0 aliphatic heterocycles. The molecule has 0 fully saturated rings. The van der Waals surface area contributed by atoms with Crippen molar-refractivity contribution in [2.45, 2.75) is 19.9 Å². The lowest BCUT2D eigenvalue weighted by Gasteiger charge is -2.15. The zero-order chi connectivity index (χ0) is 14.5. The molecule has 0 radical (unpaired) electrons. The first-order valence-corrected chi connectivity index (χ1v) is 7.28. The van der Waals surface area contributed by atoms with E-state index in [2.05, 4.69) is 9.88 Å². The third kappa shape index (κ3) is 3.17. The normalized spacial score (nSPS) is 10.3. The Balaban J connectivity index is 2.12. The number of nitrogens with zero attached hydrogens (tertiary/aromatic N) is 2. The number of aldehydes is 1. The highest BCUT2D eigenvalue weighted by Crippen LogP contribution is 2.26. The number of aromatic nitrogens is 1. The Bertz CT molecular complexity index is 578. The fourth-order valence-electron chi connectivity index (χ4n) is 1.93. The zero-order valence-electron chi connectivity index (χ0n) is 11.9. The second-order valence-corrected chi connectivity index (χ2v) is 5.49. The van der Waals surface area contributed by atoms with E-state index in [1.807, 2.05) is 38.2 Å². The quantitative estimate of drug-likeness (QED) is 0.766. The average Bonchev–Trinajstić information content (AvgIpc) is 2.91. The first-order valence-electron chi connectivity index (χ1n) is 6.46. The van der Waals surface area contributed by atoms with Crippen LogP contribution in [0.25, 0.3) is 0 Å². The molecule has 0 spiro atoms. The Morgan fingerprint density at radius 3 is 2.55 bits per heavy atom. The summed E-state index contributed by atoms with van der Waals surface area (Å²) in [5.41, 5.74) is 2.05. The number of hydrogen-bond acceptors (Lipinski definition) is 5. The summed E-state index contributed by atoms with van der Waals surface area (Å²) < 4.78 is 5.14. The van der Waals surface area contributed by atoms with Gasteiger partial charge in [-0.3, -0.25) is 4.79 Å². The van der Waals surface area contributed by atoms with Gasteiger partial charge in [-0.1, -0.05) is 30.4 Å². The summed E-state index contributed by atoms with van der Waals surface area (Å²) in [7, 11) is 3.64. The van der Waals surface area contributed by atoms with Crippen molar-refractivity contribution in [2.75, 3.05) is 19.1 Å². The van der Waals surface area contributed by atoms with Gasteiger partial charge in [0.1, 0.15) is 5.75 Å². The first kappa shape index (κ1) is 14.5. The Labute approximate surface area is 123 Å². The van der Waals surface area contributed by atoms with E-state index in [4.69, 9.17) is 4.74 Å². The molecule has 1 aromatic heterocycles. The molecule has 1 aromatic carbocycles. The van der Waals surface area contributed by atoms with Gasteiger partial charge in [0.2, 0.25) is 0 Å². The van der Waals surface area contributed by atoms with Crippen molar-refractivity contribution in [1.82, 2.24) is 4.98 Å². The summed E-state index contributed by atoms with van der Waals surface area (Å²) in [5, 5.41) is 0.875. The van der Waals surface area contributed by atoms with Crippen molar-refractivity contribution in [3.05, 3.63) is 40.4 Å². The zero-order valence-corrected chi connectivity index (χ0v) is 12.7. The van der Waals surface area contributed by atoms with Gasteiger partial charge in [-0.05, 0) is 24.1 Å². The van der Waals surface area contributed by atoms with Crippen LogP contribution in [0.5, 0.6) is 5.75 Å². The molecular weight excluding hydrogens is 272 g/mol. The highest BCUT2D eigenvalue weighted by molar-refractivity contribution is 7.17. The van der Waals surface area contributed by atoms with Crippen molar-refractivity contribution in [3.8, 4) is 5.75 Å². The number of carbonyl (C=O) groups excluding carboxylic acids is 1. The molecule has 0 aliphatic carbocycles. The number of rotatable bonds is 6. The standard InChI is InChI=1S/C15H18N2O2S/c1-4-13-14(10-18)20-15(16-13)17(2)9-11-5-7-12(19-3)8-6-11/h5-8,10H,4,9H2,1-3H3. The lowest BCUT2D eigenvalue weighted by molar-refractivity contribution is 0.112. The molecule has 2 rings (SSSR count). The third-order valence-corrected chi connectivity index (χ3v) is 4.20. The number of carbonyl (C=O) groups is 1. The summed E-state index contributed by atoms with van der Waals surface area (Å²) in [6.07, 6.45) is 1.67. The average molecular weight is 290 g/mol. The molecule has 5 heteroatoms. The third-order valence-electron chi connectivity index (χ3n) is 3.06. The van der Waals surface area contributed by atoms with Gasteiger partial charge >= 0.3 is 0 Å². The maximum Gasteiger partial charge on any atom is 0.186 e.